The molecule has 2 aromatic carbocycles. The molecule has 1 N–H and O–H groups in total. The summed E-state index contributed by atoms with van der Waals surface area (Å²) in [5.41, 5.74) is 1.30. The van der Waals surface area contributed by atoms with Crippen LogP contribution in [-0.2, 0) is 12.7 Å². The summed E-state index contributed by atoms with van der Waals surface area (Å²) in [5.74, 6) is -0.206. The molecule has 4 rings (SSSR count). The number of amides is 1. The molecule has 0 aliphatic rings. The molecule has 33 heavy (non-hydrogen) atoms. The van der Waals surface area contributed by atoms with Crippen LogP contribution in [0.15, 0.2) is 60.1 Å². The molecule has 1 amide bonds. The fourth-order valence-corrected chi connectivity index (χ4v) is 3.97. The third-order valence-electron chi connectivity index (χ3n) is 4.92. The Balaban J connectivity index is 1.61. The molecule has 0 unspecified atom stereocenters. The molecule has 0 spiro atoms. The molecule has 6 nitrogen and oxygen atoms in total. The molecule has 0 bridgehead atoms. The molecule has 2 heterocycles. The van der Waals surface area contributed by atoms with Crippen molar-refractivity contribution >= 4 is 17.2 Å². The van der Waals surface area contributed by atoms with Crippen LogP contribution in [0.2, 0.25) is 0 Å². The van der Waals surface area contributed by atoms with E-state index < -0.39 is 23.3 Å². The van der Waals surface area contributed by atoms with Crippen LogP contribution >= 0.6 is 11.3 Å². The number of methoxy groups -OCH3 is 1. The number of rotatable bonds is 6. The monoisotopic (exact) mass is 472 g/mol. The van der Waals surface area contributed by atoms with Gasteiger partial charge in [0.25, 0.3) is 5.91 Å². The van der Waals surface area contributed by atoms with Gasteiger partial charge in [-0.05, 0) is 36.8 Å². The number of hydrogen-bond acceptors (Lipinski definition) is 5. The molecular weight excluding hydrogens is 453 g/mol. The van der Waals surface area contributed by atoms with Gasteiger partial charge in [-0.15, -0.1) is 11.3 Å². The molecule has 0 aliphatic heterocycles. The number of benzene rings is 2. The van der Waals surface area contributed by atoms with Crippen LogP contribution in [0.3, 0.4) is 0 Å². The standard InChI is InChI=1S/C23H19F3N4O2S/c1-14-3-5-15(6-4-14)11-27-21(31)18-12-28-30(20(18)23(24,25)26)22-29-19(13-33-22)16-7-9-17(32-2)10-8-16/h3-10,12-13H,11H2,1-2H3,(H,27,31). The smallest absolute Gasteiger partial charge is 0.434 e. The van der Waals surface area contributed by atoms with E-state index in [1.54, 1.807) is 48.9 Å². The van der Waals surface area contributed by atoms with Crippen LogP contribution in [0.25, 0.3) is 16.4 Å². The molecule has 0 fully saturated rings. The average molecular weight is 472 g/mol. The number of halogens is 3. The van der Waals surface area contributed by atoms with E-state index in [-0.39, 0.29) is 11.7 Å². The van der Waals surface area contributed by atoms with Gasteiger partial charge in [-0.25, -0.2) is 9.67 Å². The Hall–Kier alpha value is -3.66. The topological polar surface area (TPSA) is 69.0 Å². The van der Waals surface area contributed by atoms with Crippen LogP contribution < -0.4 is 10.1 Å². The van der Waals surface area contributed by atoms with Gasteiger partial charge in [0.2, 0.25) is 5.13 Å². The van der Waals surface area contributed by atoms with Crippen LogP contribution in [0.4, 0.5) is 13.2 Å². The van der Waals surface area contributed by atoms with Gasteiger partial charge in [-0.1, -0.05) is 29.8 Å². The molecule has 0 saturated heterocycles. The quantitative estimate of drug-likeness (QED) is 0.416. The Labute approximate surface area is 191 Å². The summed E-state index contributed by atoms with van der Waals surface area (Å²) in [6, 6.07) is 14.3. The van der Waals surface area contributed by atoms with Crippen molar-refractivity contribution in [2.24, 2.45) is 0 Å². The minimum atomic E-state index is -4.81. The van der Waals surface area contributed by atoms with Crippen molar-refractivity contribution in [3.63, 3.8) is 0 Å². The summed E-state index contributed by atoms with van der Waals surface area (Å²) in [6.45, 7) is 2.02. The largest absolute Gasteiger partial charge is 0.497 e. The predicted octanol–water partition coefficient (Wildman–Crippen LogP) is 5.26. The SMILES string of the molecule is COc1ccc(-c2csc(-n3ncc(C(=O)NCc4ccc(C)cc4)c3C(F)(F)F)n2)cc1. The van der Waals surface area contributed by atoms with Crippen molar-refractivity contribution in [2.75, 3.05) is 7.11 Å². The van der Waals surface area contributed by atoms with Crippen LogP contribution in [-0.4, -0.2) is 27.8 Å². The second kappa shape index (κ2) is 9.07. The number of ether oxygens (including phenoxy) is 1. The van der Waals surface area contributed by atoms with E-state index in [4.69, 9.17) is 4.74 Å². The summed E-state index contributed by atoms with van der Waals surface area (Å²) in [7, 11) is 1.54. The highest BCUT2D eigenvalue weighted by Crippen LogP contribution is 2.35. The van der Waals surface area contributed by atoms with E-state index in [1.165, 1.54) is 0 Å². The highest BCUT2D eigenvalue weighted by Gasteiger charge is 2.41. The number of aromatic nitrogens is 3. The number of carbonyl (C=O) groups is 1. The zero-order valence-electron chi connectivity index (χ0n) is 17.7. The zero-order valence-corrected chi connectivity index (χ0v) is 18.5. The molecular formula is C23H19F3N4O2S. The van der Waals surface area contributed by atoms with E-state index >= 15 is 0 Å². The van der Waals surface area contributed by atoms with E-state index in [1.807, 2.05) is 19.1 Å². The molecule has 170 valence electrons. The van der Waals surface area contributed by atoms with Crippen molar-refractivity contribution in [2.45, 2.75) is 19.6 Å². The van der Waals surface area contributed by atoms with Crippen LogP contribution in [0.1, 0.15) is 27.2 Å². The first-order valence-electron chi connectivity index (χ1n) is 9.85. The van der Waals surface area contributed by atoms with E-state index in [2.05, 4.69) is 15.4 Å². The van der Waals surface area contributed by atoms with E-state index in [9.17, 15) is 18.0 Å². The maximum Gasteiger partial charge on any atom is 0.434 e. The van der Waals surface area contributed by atoms with Gasteiger partial charge >= 0.3 is 6.18 Å². The van der Waals surface area contributed by atoms with Gasteiger partial charge in [-0.2, -0.15) is 18.3 Å². The third-order valence-corrected chi connectivity index (χ3v) is 5.73. The Kier molecular flexibility index (Phi) is 6.19. The predicted molar refractivity (Wildman–Crippen MR) is 119 cm³/mol. The van der Waals surface area contributed by atoms with Crippen molar-refractivity contribution in [3.05, 3.63) is 82.5 Å². The Morgan fingerprint density at radius 1 is 1.12 bits per heavy atom. The Morgan fingerprint density at radius 2 is 1.82 bits per heavy atom. The number of carbonyl (C=O) groups excluding carboxylic acids is 1. The first kappa shape index (κ1) is 22.5. The van der Waals surface area contributed by atoms with Gasteiger partial charge in [0.1, 0.15) is 5.75 Å². The minimum absolute atomic E-state index is 0.00530. The Bertz CT molecular complexity index is 1260. The van der Waals surface area contributed by atoms with Crippen molar-refractivity contribution in [3.8, 4) is 22.1 Å². The van der Waals surface area contributed by atoms with Crippen molar-refractivity contribution in [1.82, 2.24) is 20.1 Å². The number of alkyl halides is 3. The first-order chi connectivity index (χ1) is 15.8. The highest BCUT2D eigenvalue weighted by molar-refractivity contribution is 7.12. The molecule has 2 aromatic heterocycles. The van der Waals surface area contributed by atoms with Crippen LogP contribution in [0.5, 0.6) is 5.75 Å². The summed E-state index contributed by atoms with van der Waals surface area (Å²) < 4.78 is 47.6. The van der Waals surface area contributed by atoms with Gasteiger partial charge in [0.05, 0.1) is 24.6 Å². The summed E-state index contributed by atoms with van der Waals surface area (Å²) in [5, 5.41) is 8.01. The minimum Gasteiger partial charge on any atom is -0.497 e. The number of hydrogen-bond donors (Lipinski definition) is 1. The molecule has 0 atom stereocenters. The third kappa shape index (κ3) is 4.90. The highest BCUT2D eigenvalue weighted by atomic mass is 32.1. The number of nitrogens with zero attached hydrogens (tertiary/aromatic N) is 3. The van der Waals surface area contributed by atoms with Crippen molar-refractivity contribution in [1.29, 1.82) is 0 Å². The van der Waals surface area contributed by atoms with Gasteiger partial charge in [0.15, 0.2) is 5.69 Å². The normalized spacial score (nSPS) is 11.4. The lowest BCUT2D eigenvalue weighted by atomic mass is 10.1. The van der Waals surface area contributed by atoms with E-state index in [0.29, 0.717) is 16.1 Å². The number of thiazole rings is 1. The molecule has 4 aromatic rings. The summed E-state index contributed by atoms with van der Waals surface area (Å²) >= 11 is 1.00. The second-order valence-electron chi connectivity index (χ2n) is 7.23. The first-order valence-corrected chi connectivity index (χ1v) is 10.7. The van der Waals surface area contributed by atoms with Gasteiger partial charge < -0.3 is 10.1 Å². The molecule has 0 radical (unpaired) electrons. The number of nitrogens with one attached hydrogen (secondary N) is 1. The molecule has 10 heteroatoms. The van der Waals surface area contributed by atoms with E-state index in [0.717, 1.165) is 34.2 Å². The maximum atomic E-state index is 13.9. The molecule has 0 aliphatic carbocycles. The lowest BCUT2D eigenvalue weighted by molar-refractivity contribution is -0.143. The lowest BCUT2D eigenvalue weighted by Gasteiger charge is -2.11. The summed E-state index contributed by atoms with van der Waals surface area (Å²) in [4.78, 5) is 16.9. The number of aryl methyl sites for hydroxylation is 1. The van der Waals surface area contributed by atoms with Crippen molar-refractivity contribution < 1.29 is 22.7 Å². The summed E-state index contributed by atoms with van der Waals surface area (Å²) in [6.07, 6.45) is -3.89. The average Bonchev–Trinajstić information content (AvgIpc) is 3.46. The second-order valence-corrected chi connectivity index (χ2v) is 8.07. The Morgan fingerprint density at radius 3 is 2.45 bits per heavy atom. The van der Waals surface area contributed by atoms with Gasteiger partial charge in [-0.3, -0.25) is 4.79 Å². The maximum absolute atomic E-state index is 13.9. The molecule has 0 saturated carbocycles. The van der Waals surface area contributed by atoms with Crippen LogP contribution in [0, 0.1) is 6.92 Å². The fourth-order valence-electron chi connectivity index (χ4n) is 3.17. The van der Waals surface area contributed by atoms with Gasteiger partial charge in [0, 0.05) is 17.5 Å². The zero-order chi connectivity index (χ0) is 23.6. The lowest BCUT2D eigenvalue weighted by Crippen LogP contribution is -2.26. The fraction of sp³-hybridized carbons (Fsp3) is 0.174.